The molecule has 0 saturated heterocycles. The summed E-state index contributed by atoms with van der Waals surface area (Å²) in [6.45, 7) is 8.43. The van der Waals surface area contributed by atoms with Gasteiger partial charge in [-0.2, -0.15) is 0 Å². The highest BCUT2D eigenvalue weighted by Gasteiger charge is 2.11. The van der Waals surface area contributed by atoms with Gasteiger partial charge in [0.2, 0.25) is 5.95 Å². The van der Waals surface area contributed by atoms with Gasteiger partial charge in [0.25, 0.3) is 5.91 Å². The van der Waals surface area contributed by atoms with Crippen molar-refractivity contribution in [3.8, 4) is 0 Å². The molecule has 5 nitrogen and oxygen atoms in total. The van der Waals surface area contributed by atoms with Crippen LogP contribution in [0, 0.1) is 27.7 Å². The van der Waals surface area contributed by atoms with E-state index in [0.29, 0.717) is 18.2 Å². The molecular weight excluding hydrogens is 336 g/mol. The van der Waals surface area contributed by atoms with Crippen molar-refractivity contribution in [2.45, 2.75) is 34.2 Å². The first-order chi connectivity index (χ1) is 12.9. The predicted molar refractivity (Wildman–Crippen MR) is 108 cm³/mol. The van der Waals surface area contributed by atoms with Crippen molar-refractivity contribution in [3.63, 3.8) is 0 Å². The van der Waals surface area contributed by atoms with Gasteiger partial charge in [-0.3, -0.25) is 4.79 Å². The number of nitrogens with zero attached hydrogens (tertiary/aromatic N) is 2. The molecule has 27 heavy (non-hydrogen) atoms. The Balaban J connectivity index is 1.76. The van der Waals surface area contributed by atoms with Crippen LogP contribution in [0.15, 0.2) is 48.5 Å². The third-order valence-electron chi connectivity index (χ3n) is 4.27. The number of carbonyl (C=O) groups excluding carboxylic acids is 1. The Labute approximate surface area is 159 Å². The number of aromatic nitrogens is 2. The normalized spacial score (nSPS) is 10.5. The maximum Gasteiger partial charge on any atom is 0.270 e. The molecule has 5 heteroatoms. The molecule has 0 spiro atoms. The molecule has 0 aliphatic carbocycles. The fourth-order valence-electron chi connectivity index (χ4n) is 2.99. The van der Waals surface area contributed by atoms with Crippen molar-refractivity contribution in [3.05, 3.63) is 82.2 Å². The molecule has 0 aliphatic rings. The van der Waals surface area contributed by atoms with Crippen LogP contribution in [-0.2, 0) is 6.54 Å². The van der Waals surface area contributed by atoms with E-state index in [9.17, 15) is 4.79 Å². The third kappa shape index (κ3) is 4.91. The lowest BCUT2D eigenvalue weighted by Crippen LogP contribution is -2.24. The second kappa shape index (κ2) is 7.99. The lowest BCUT2D eigenvalue weighted by molar-refractivity contribution is 0.0945. The summed E-state index contributed by atoms with van der Waals surface area (Å²) in [5, 5.41) is 6.14. The van der Waals surface area contributed by atoms with E-state index in [1.54, 1.807) is 6.07 Å². The monoisotopic (exact) mass is 360 g/mol. The quantitative estimate of drug-likeness (QED) is 0.708. The second-order valence-electron chi connectivity index (χ2n) is 6.83. The molecule has 0 atom stereocenters. The summed E-state index contributed by atoms with van der Waals surface area (Å²) >= 11 is 0. The number of anilines is 2. The topological polar surface area (TPSA) is 66.9 Å². The van der Waals surface area contributed by atoms with Crippen LogP contribution in [0.4, 0.5) is 11.6 Å². The van der Waals surface area contributed by atoms with E-state index < -0.39 is 0 Å². The van der Waals surface area contributed by atoms with E-state index in [-0.39, 0.29) is 5.91 Å². The SMILES string of the molecule is Cc1cc(C)cc(Nc2nc(C)cc(C(=O)NCc3ccccc3C)n2)c1. The van der Waals surface area contributed by atoms with E-state index in [0.717, 1.165) is 33.6 Å². The van der Waals surface area contributed by atoms with Gasteiger partial charge in [0, 0.05) is 17.9 Å². The van der Waals surface area contributed by atoms with Gasteiger partial charge in [-0.25, -0.2) is 9.97 Å². The Kier molecular flexibility index (Phi) is 5.50. The number of carbonyl (C=O) groups is 1. The van der Waals surface area contributed by atoms with Gasteiger partial charge >= 0.3 is 0 Å². The summed E-state index contributed by atoms with van der Waals surface area (Å²) in [6, 6.07) is 15.8. The van der Waals surface area contributed by atoms with Crippen molar-refractivity contribution in [1.29, 1.82) is 0 Å². The molecule has 138 valence electrons. The fourth-order valence-corrected chi connectivity index (χ4v) is 2.99. The van der Waals surface area contributed by atoms with Crippen molar-refractivity contribution in [1.82, 2.24) is 15.3 Å². The molecule has 2 aromatic carbocycles. The minimum Gasteiger partial charge on any atom is -0.347 e. The molecule has 0 radical (unpaired) electrons. The first-order valence-corrected chi connectivity index (χ1v) is 8.94. The zero-order chi connectivity index (χ0) is 19.4. The summed E-state index contributed by atoms with van der Waals surface area (Å²) in [5.41, 5.74) is 6.53. The lowest BCUT2D eigenvalue weighted by atomic mass is 10.1. The highest BCUT2D eigenvalue weighted by Crippen LogP contribution is 2.18. The summed E-state index contributed by atoms with van der Waals surface area (Å²) in [6.07, 6.45) is 0. The van der Waals surface area contributed by atoms with E-state index in [1.807, 2.05) is 64.1 Å². The fraction of sp³-hybridized carbons (Fsp3) is 0.227. The maximum atomic E-state index is 12.6. The zero-order valence-corrected chi connectivity index (χ0v) is 16.1. The van der Waals surface area contributed by atoms with E-state index in [4.69, 9.17) is 0 Å². The number of rotatable bonds is 5. The summed E-state index contributed by atoms with van der Waals surface area (Å²) in [5.74, 6) is 0.202. The molecule has 0 unspecified atom stereocenters. The van der Waals surface area contributed by atoms with Gasteiger partial charge in [0.05, 0.1) is 0 Å². The Hall–Kier alpha value is -3.21. The van der Waals surface area contributed by atoms with Gasteiger partial charge in [0.1, 0.15) is 5.69 Å². The van der Waals surface area contributed by atoms with Crippen LogP contribution >= 0.6 is 0 Å². The molecule has 0 fully saturated rings. The number of hydrogen-bond acceptors (Lipinski definition) is 4. The number of nitrogens with one attached hydrogen (secondary N) is 2. The van der Waals surface area contributed by atoms with Crippen LogP contribution in [0.2, 0.25) is 0 Å². The molecule has 1 heterocycles. The third-order valence-corrected chi connectivity index (χ3v) is 4.27. The largest absolute Gasteiger partial charge is 0.347 e. The average molecular weight is 360 g/mol. The Morgan fingerprint density at radius 1 is 0.926 bits per heavy atom. The van der Waals surface area contributed by atoms with Crippen LogP contribution in [0.3, 0.4) is 0 Å². The molecule has 2 N–H and O–H groups in total. The Bertz CT molecular complexity index is 962. The highest BCUT2D eigenvalue weighted by molar-refractivity contribution is 5.92. The predicted octanol–water partition coefficient (Wildman–Crippen LogP) is 4.38. The number of hydrogen-bond donors (Lipinski definition) is 2. The highest BCUT2D eigenvalue weighted by atomic mass is 16.1. The van der Waals surface area contributed by atoms with Crippen LogP contribution < -0.4 is 10.6 Å². The maximum absolute atomic E-state index is 12.6. The van der Waals surface area contributed by atoms with E-state index in [1.165, 1.54) is 0 Å². The van der Waals surface area contributed by atoms with Crippen LogP contribution in [-0.4, -0.2) is 15.9 Å². The van der Waals surface area contributed by atoms with Gasteiger partial charge in [-0.15, -0.1) is 0 Å². The van der Waals surface area contributed by atoms with Crippen molar-refractivity contribution >= 4 is 17.5 Å². The molecule has 1 aromatic heterocycles. The first kappa shape index (κ1) is 18.6. The number of amides is 1. The minimum atomic E-state index is -0.216. The van der Waals surface area contributed by atoms with Crippen molar-refractivity contribution in [2.75, 3.05) is 5.32 Å². The summed E-state index contributed by atoms with van der Waals surface area (Å²) < 4.78 is 0. The molecular formula is C22H24N4O. The molecule has 3 aromatic rings. The van der Waals surface area contributed by atoms with Gasteiger partial charge in [-0.05, 0) is 68.1 Å². The Morgan fingerprint density at radius 3 is 2.33 bits per heavy atom. The molecule has 0 saturated carbocycles. The summed E-state index contributed by atoms with van der Waals surface area (Å²) in [7, 11) is 0. The van der Waals surface area contributed by atoms with E-state index in [2.05, 4.69) is 26.7 Å². The smallest absolute Gasteiger partial charge is 0.270 e. The average Bonchev–Trinajstić information content (AvgIpc) is 2.59. The van der Waals surface area contributed by atoms with Gasteiger partial charge in [-0.1, -0.05) is 30.3 Å². The number of benzene rings is 2. The van der Waals surface area contributed by atoms with E-state index >= 15 is 0 Å². The van der Waals surface area contributed by atoms with Crippen molar-refractivity contribution in [2.24, 2.45) is 0 Å². The number of aryl methyl sites for hydroxylation is 4. The van der Waals surface area contributed by atoms with Gasteiger partial charge in [0.15, 0.2) is 0 Å². The summed E-state index contributed by atoms with van der Waals surface area (Å²) in [4.78, 5) is 21.4. The Morgan fingerprint density at radius 2 is 1.63 bits per heavy atom. The van der Waals surface area contributed by atoms with Gasteiger partial charge < -0.3 is 10.6 Å². The standard InChI is InChI=1S/C22H24N4O/c1-14-9-15(2)11-19(10-14)25-22-24-17(4)12-20(26-22)21(27)23-13-18-8-6-5-7-16(18)3/h5-12H,13H2,1-4H3,(H,23,27)(H,24,25,26). The molecule has 0 bridgehead atoms. The second-order valence-corrected chi connectivity index (χ2v) is 6.83. The zero-order valence-electron chi connectivity index (χ0n) is 16.1. The van der Waals surface area contributed by atoms with Crippen molar-refractivity contribution < 1.29 is 4.79 Å². The molecule has 0 aliphatic heterocycles. The van der Waals surface area contributed by atoms with Crippen LogP contribution in [0.5, 0.6) is 0 Å². The minimum absolute atomic E-state index is 0.216. The van der Waals surface area contributed by atoms with Crippen LogP contribution in [0.25, 0.3) is 0 Å². The molecule has 3 rings (SSSR count). The van der Waals surface area contributed by atoms with Crippen LogP contribution in [0.1, 0.15) is 38.4 Å². The lowest BCUT2D eigenvalue weighted by Gasteiger charge is -2.11. The first-order valence-electron chi connectivity index (χ1n) is 8.94. The molecule has 1 amide bonds.